The number of nitrogens with one attached hydrogen (secondary N) is 2. The maximum atomic E-state index is 12.8. The second-order valence-electron chi connectivity index (χ2n) is 7.67. The molecule has 158 valence electrons. The minimum Gasteiger partial charge on any atom is -0.322 e. The zero-order chi connectivity index (χ0) is 21.9. The lowest BCUT2D eigenvalue weighted by Gasteiger charge is -2.07. The van der Waals surface area contributed by atoms with Crippen LogP contribution in [-0.4, -0.2) is 26.6 Å². The summed E-state index contributed by atoms with van der Waals surface area (Å²) in [7, 11) is 0. The molecule has 1 aliphatic rings. The van der Waals surface area contributed by atoms with Crippen LogP contribution in [0.15, 0.2) is 84.9 Å². The highest BCUT2D eigenvalue weighted by Gasteiger charge is 2.31. The summed E-state index contributed by atoms with van der Waals surface area (Å²) < 4.78 is 1.75. The van der Waals surface area contributed by atoms with Crippen LogP contribution < -0.4 is 10.6 Å². The molecular weight excluding hydrogens is 402 g/mol. The molecule has 5 rings (SSSR count). The molecule has 32 heavy (non-hydrogen) atoms. The van der Waals surface area contributed by atoms with Crippen LogP contribution in [0.3, 0.4) is 0 Å². The standard InChI is InChI=1S/C25H21N5O2/c31-24(26-19-7-3-1-4-8-19)18-13-15-20(16-14-18)27-25(32)22-28-23(17-11-12-17)30(29-22)21-9-5-2-6-10-21/h1-10,13-17H,11-12H2,(H,26,31)(H,27,32). The van der Waals surface area contributed by atoms with E-state index in [-0.39, 0.29) is 17.6 Å². The summed E-state index contributed by atoms with van der Waals surface area (Å²) >= 11 is 0. The Balaban J connectivity index is 1.29. The van der Waals surface area contributed by atoms with Crippen LogP contribution in [0.5, 0.6) is 0 Å². The molecule has 0 spiro atoms. The van der Waals surface area contributed by atoms with Gasteiger partial charge >= 0.3 is 0 Å². The average Bonchev–Trinajstić information content (AvgIpc) is 3.58. The molecule has 1 aliphatic carbocycles. The maximum Gasteiger partial charge on any atom is 0.295 e. The van der Waals surface area contributed by atoms with Gasteiger partial charge in [0, 0.05) is 22.9 Å². The Hall–Kier alpha value is -4.26. The van der Waals surface area contributed by atoms with E-state index in [1.165, 1.54) is 0 Å². The summed E-state index contributed by atoms with van der Waals surface area (Å²) in [5, 5.41) is 10.1. The normalized spacial score (nSPS) is 12.9. The third kappa shape index (κ3) is 4.27. The van der Waals surface area contributed by atoms with Gasteiger partial charge in [-0.05, 0) is 61.4 Å². The Morgan fingerprint density at radius 3 is 2.00 bits per heavy atom. The molecule has 0 bridgehead atoms. The fourth-order valence-corrected chi connectivity index (χ4v) is 3.40. The topological polar surface area (TPSA) is 88.9 Å². The first kappa shape index (κ1) is 19.7. The van der Waals surface area contributed by atoms with Gasteiger partial charge in [-0.3, -0.25) is 9.59 Å². The Morgan fingerprint density at radius 1 is 0.750 bits per heavy atom. The number of hydrogen-bond donors (Lipinski definition) is 2. The molecule has 0 saturated heterocycles. The second-order valence-corrected chi connectivity index (χ2v) is 7.67. The predicted molar refractivity (Wildman–Crippen MR) is 122 cm³/mol. The van der Waals surface area contributed by atoms with Gasteiger partial charge in [-0.15, -0.1) is 5.10 Å². The average molecular weight is 423 g/mol. The molecule has 7 heteroatoms. The van der Waals surface area contributed by atoms with E-state index >= 15 is 0 Å². The van der Waals surface area contributed by atoms with Crippen molar-refractivity contribution in [2.45, 2.75) is 18.8 Å². The van der Waals surface area contributed by atoms with Crippen LogP contribution in [0.4, 0.5) is 11.4 Å². The van der Waals surface area contributed by atoms with Crippen LogP contribution in [0.25, 0.3) is 5.69 Å². The van der Waals surface area contributed by atoms with E-state index in [9.17, 15) is 9.59 Å². The fourth-order valence-electron chi connectivity index (χ4n) is 3.40. The molecule has 1 heterocycles. The fraction of sp³-hybridized carbons (Fsp3) is 0.120. The Labute approximate surface area is 185 Å². The van der Waals surface area contributed by atoms with Crippen LogP contribution in [0, 0.1) is 0 Å². The number of anilines is 2. The molecule has 0 atom stereocenters. The SMILES string of the molecule is O=C(Nc1ccccc1)c1ccc(NC(=O)c2nc(C3CC3)n(-c3ccccc3)n2)cc1. The first-order valence-corrected chi connectivity index (χ1v) is 10.5. The van der Waals surface area contributed by atoms with Gasteiger partial charge in [-0.2, -0.15) is 0 Å². The van der Waals surface area contributed by atoms with E-state index in [4.69, 9.17) is 0 Å². The van der Waals surface area contributed by atoms with E-state index < -0.39 is 0 Å². The Bertz CT molecular complexity index is 1250. The minimum absolute atomic E-state index is 0.127. The first-order valence-electron chi connectivity index (χ1n) is 10.5. The first-order chi connectivity index (χ1) is 15.7. The molecule has 2 amide bonds. The molecule has 4 aromatic rings. The highest BCUT2D eigenvalue weighted by molar-refractivity contribution is 6.05. The van der Waals surface area contributed by atoms with Crippen molar-refractivity contribution in [3.8, 4) is 5.69 Å². The van der Waals surface area contributed by atoms with Gasteiger partial charge in [0.1, 0.15) is 5.82 Å². The second kappa shape index (κ2) is 8.47. The van der Waals surface area contributed by atoms with Crippen molar-refractivity contribution in [3.63, 3.8) is 0 Å². The summed E-state index contributed by atoms with van der Waals surface area (Å²) in [6.45, 7) is 0. The highest BCUT2D eigenvalue weighted by atomic mass is 16.2. The van der Waals surface area contributed by atoms with Gasteiger partial charge in [-0.1, -0.05) is 36.4 Å². The van der Waals surface area contributed by atoms with Crippen LogP contribution in [0.1, 0.15) is 45.6 Å². The number of aromatic nitrogens is 3. The molecule has 1 fully saturated rings. The van der Waals surface area contributed by atoms with Gasteiger partial charge in [0.25, 0.3) is 11.8 Å². The van der Waals surface area contributed by atoms with Crippen molar-refractivity contribution in [1.82, 2.24) is 14.8 Å². The van der Waals surface area contributed by atoms with Gasteiger partial charge in [0.15, 0.2) is 0 Å². The maximum absolute atomic E-state index is 12.8. The Kier molecular flexibility index (Phi) is 5.21. The zero-order valence-corrected chi connectivity index (χ0v) is 17.2. The van der Waals surface area contributed by atoms with E-state index in [1.54, 1.807) is 28.9 Å². The molecular formula is C25H21N5O2. The van der Waals surface area contributed by atoms with Crippen molar-refractivity contribution in [3.05, 3.63) is 102 Å². The van der Waals surface area contributed by atoms with E-state index in [0.29, 0.717) is 17.2 Å². The van der Waals surface area contributed by atoms with Crippen LogP contribution >= 0.6 is 0 Å². The number of rotatable bonds is 6. The minimum atomic E-state index is -0.386. The summed E-state index contributed by atoms with van der Waals surface area (Å²) in [5.41, 5.74) is 2.67. The van der Waals surface area contributed by atoms with E-state index in [1.807, 2.05) is 60.7 Å². The smallest absolute Gasteiger partial charge is 0.295 e. The lowest BCUT2D eigenvalue weighted by Crippen LogP contribution is -2.15. The quantitative estimate of drug-likeness (QED) is 0.472. The van der Waals surface area contributed by atoms with E-state index in [0.717, 1.165) is 30.0 Å². The van der Waals surface area contributed by atoms with Gasteiger partial charge in [0.05, 0.1) is 5.69 Å². The number of carbonyl (C=O) groups is 2. The molecule has 1 saturated carbocycles. The molecule has 0 aliphatic heterocycles. The van der Waals surface area contributed by atoms with Crippen molar-refractivity contribution in [2.75, 3.05) is 10.6 Å². The van der Waals surface area contributed by atoms with Crippen molar-refractivity contribution < 1.29 is 9.59 Å². The summed E-state index contributed by atoms with van der Waals surface area (Å²) in [5.74, 6) is 0.678. The number of para-hydroxylation sites is 2. The molecule has 0 radical (unpaired) electrons. The van der Waals surface area contributed by atoms with Crippen molar-refractivity contribution >= 4 is 23.2 Å². The largest absolute Gasteiger partial charge is 0.322 e. The number of carbonyl (C=O) groups excluding carboxylic acids is 2. The highest BCUT2D eigenvalue weighted by Crippen LogP contribution is 2.39. The number of hydrogen-bond acceptors (Lipinski definition) is 4. The Morgan fingerprint density at radius 2 is 1.34 bits per heavy atom. The third-order valence-corrected chi connectivity index (χ3v) is 5.22. The zero-order valence-electron chi connectivity index (χ0n) is 17.2. The predicted octanol–water partition coefficient (Wildman–Crippen LogP) is 4.65. The molecule has 7 nitrogen and oxygen atoms in total. The number of amides is 2. The van der Waals surface area contributed by atoms with Crippen molar-refractivity contribution in [1.29, 1.82) is 0 Å². The molecule has 1 aromatic heterocycles. The van der Waals surface area contributed by atoms with Crippen LogP contribution in [0.2, 0.25) is 0 Å². The van der Waals surface area contributed by atoms with Gasteiger partial charge < -0.3 is 10.6 Å². The van der Waals surface area contributed by atoms with E-state index in [2.05, 4.69) is 20.7 Å². The molecule has 0 unspecified atom stereocenters. The van der Waals surface area contributed by atoms with Gasteiger partial charge in [0.2, 0.25) is 5.82 Å². The molecule has 2 N–H and O–H groups in total. The van der Waals surface area contributed by atoms with Gasteiger partial charge in [-0.25, -0.2) is 9.67 Å². The lowest BCUT2D eigenvalue weighted by atomic mass is 10.2. The monoisotopic (exact) mass is 423 g/mol. The van der Waals surface area contributed by atoms with Crippen LogP contribution in [-0.2, 0) is 0 Å². The summed E-state index contributed by atoms with van der Waals surface area (Å²) in [4.78, 5) is 29.7. The van der Waals surface area contributed by atoms with Crippen molar-refractivity contribution in [2.24, 2.45) is 0 Å². The number of nitrogens with zero attached hydrogens (tertiary/aromatic N) is 3. The lowest BCUT2D eigenvalue weighted by molar-refractivity contribution is 0.101. The summed E-state index contributed by atoms with van der Waals surface area (Å²) in [6.07, 6.45) is 2.11. The molecule has 3 aromatic carbocycles. The summed E-state index contributed by atoms with van der Waals surface area (Å²) in [6, 6.07) is 25.7. The number of benzene rings is 3. The third-order valence-electron chi connectivity index (χ3n) is 5.22.